The number of hydrogen-bond acceptors (Lipinski definition) is 3. The molecule has 0 bridgehead atoms. The molecule has 0 atom stereocenters. The number of nitrogens with one attached hydrogen (secondary N) is 1. The molecule has 2 amide bonds. The molecule has 2 aliphatic heterocycles. The summed E-state index contributed by atoms with van der Waals surface area (Å²) in [4.78, 5) is 25.0. The summed E-state index contributed by atoms with van der Waals surface area (Å²) in [5, 5.41) is 2.95. The van der Waals surface area contributed by atoms with E-state index in [0.717, 1.165) is 52.0 Å². The Kier molecular flexibility index (Phi) is 5.63. The second-order valence-corrected chi connectivity index (χ2v) is 5.45. The van der Waals surface area contributed by atoms with Crippen LogP contribution in [0.2, 0.25) is 0 Å². The van der Waals surface area contributed by atoms with Gasteiger partial charge in [0.05, 0.1) is 0 Å². The maximum atomic E-state index is 11.7. The Hall–Kier alpha value is -1.10. The maximum absolute atomic E-state index is 11.7. The minimum absolute atomic E-state index is 0.139. The van der Waals surface area contributed by atoms with Gasteiger partial charge in [0.25, 0.3) is 0 Å². The minimum atomic E-state index is 0.139. The van der Waals surface area contributed by atoms with Crippen LogP contribution in [0.25, 0.3) is 0 Å². The molecule has 2 rings (SSSR count). The van der Waals surface area contributed by atoms with Gasteiger partial charge in [-0.1, -0.05) is 0 Å². The molecule has 1 N–H and O–H groups in total. The van der Waals surface area contributed by atoms with E-state index in [1.807, 2.05) is 4.90 Å². The van der Waals surface area contributed by atoms with Crippen LogP contribution in [-0.4, -0.2) is 49.6 Å². The first-order chi connectivity index (χ1) is 9.25. The smallest absolute Gasteiger partial charge is 0.222 e. The van der Waals surface area contributed by atoms with Crippen LogP contribution in [0.3, 0.4) is 0 Å². The number of amides is 2. The Balaban J connectivity index is 1.52. The zero-order valence-corrected chi connectivity index (χ0v) is 11.5. The summed E-state index contributed by atoms with van der Waals surface area (Å²) < 4.78 is 5.28. The molecule has 0 aromatic heterocycles. The van der Waals surface area contributed by atoms with Crippen LogP contribution in [-0.2, 0) is 14.3 Å². The molecule has 2 aliphatic rings. The summed E-state index contributed by atoms with van der Waals surface area (Å²) in [6.07, 6.45) is 5.13. The van der Waals surface area contributed by atoms with Crippen molar-refractivity contribution in [3.8, 4) is 0 Å². The van der Waals surface area contributed by atoms with Crippen LogP contribution in [0.4, 0.5) is 0 Å². The third-order valence-corrected chi connectivity index (χ3v) is 3.91. The molecule has 0 aromatic rings. The molecular weight excluding hydrogens is 244 g/mol. The molecule has 5 nitrogen and oxygen atoms in total. The SMILES string of the molecule is O=C(CC1CCOCC1)NCCCN1CCCC1=O. The van der Waals surface area contributed by atoms with Gasteiger partial charge in [-0.15, -0.1) is 0 Å². The van der Waals surface area contributed by atoms with E-state index in [2.05, 4.69) is 5.32 Å². The predicted molar refractivity (Wildman–Crippen MR) is 71.6 cm³/mol. The van der Waals surface area contributed by atoms with E-state index < -0.39 is 0 Å². The van der Waals surface area contributed by atoms with Gasteiger partial charge < -0.3 is 15.0 Å². The first kappa shape index (κ1) is 14.3. The summed E-state index contributed by atoms with van der Waals surface area (Å²) in [6.45, 7) is 3.90. The summed E-state index contributed by atoms with van der Waals surface area (Å²) in [5.74, 6) is 0.877. The second-order valence-electron chi connectivity index (χ2n) is 5.45. The molecule has 0 aliphatic carbocycles. The first-order valence-corrected chi connectivity index (χ1v) is 7.38. The summed E-state index contributed by atoms with van der Waals surface area (Å²) in [5.41, 5.74) is 0. The Bertz CT molecular complexity index is 314. The zero-order valence-electron chi connectivity index (χ0n) is 11.5. The highest BCUT2D eigenvalue weighted by atomic mass is 16.5. The number of hydrogen-bond donors (Lipinski definition) is 1. The Labute approximate surface area is 114 Å². The Morgan fingerprint density at radius 1 is 1.37 bits per heavy atom. The van der Waals surface area contributed by atoms with E-state index in [4.69, 9.17) is 4.74 Å². The van der Waals surface area contributed by atoms with Crippen LogP contribution in [0.1, 0.15) is 38.5 Å². The highest BCUT2D eigenvalue weighted by Crippen LogP contribution is 2.18. The van der Waals surface area contributed by atoms with Crippen molar-refractivity contribution in [2.75, 3.05) is 32.8 Å². The molecular formula is C14H24N2O3. The number of rotatable bonds is 6. The molecule has 0 saturated carbocycles. The Morgan fingerprint density at radius 3 is 2.84 bits per heavy atom. The molecule has 0 unspecified atom stereocenters. The fourth-order valence-electron chi connectivity index (χ4n) is 2.72. The van der Waals surface area contributed by atoms with Gasteiger partial charge >= 0.3 is 0 Å². The van der Waals surface area contributed by atoms with Crippen LogP contribution >= 0.6 is 0 Å². The highest BCUT2D eigenvalue weighted by molar-refractivity contribution is 5.78. The quantitative estimate of drug-likeness (QED) is 0.729. The third-order valence-electron chi connectivity index (χ3n) is 3.91. The fraction of sp³-hybridized carbons (Fsp3) is 0.857. The van der Waals surface area contributed by atoms with Crippen LogP contribution < -0.4 is 5.32 Å². The average Bonchev–Trinajstić information content (AvgIpc) is 2.81. The van der Waals surface area contributed by atoms with Gasteiger partial charge in [-0.3, -0.25) is 9.59 Å². The maximum Gasteiger partial charge on any atom is 0.222 e. The number of carbonyl (C=O) groups excluding carboxylic acids is 2. The fourth-order valence-corrected chi connectivity index (χ4v) is 2.72. The molecule has 2 heterocycles. The molecule has 5 heteroatoms. The van der Waals surface area contributed by atoms with Crippen LogP contribution in [0, 0.1) is 5.92 Å². The van der Waals surface area contributed by atoms with Gasteiger partial charge in [0.2, 0.25) is 11.8 Å². The molecule has 2 saturated heterocycles. The average molecular weight is 268 g/mol. The van der Waals surface area contributed by atoms with Gasteiger partial charge in [-0.25, -0.2) is 0 Å². The predicted octanol–water partition coefficient (Wildman–Crippen LogP) is 0.932. The van der Waals surface area contributed by atoms with E-state index in [1.54, 1.807) is 0 Å². The Morgan fingerprint density at radius 2 is 2.16 bits per heavy atom. The lowest BCUT2D eigenvalue weighted by Gasteiger charge is -2.21. The molecule has 2 fully saturated rings. The highest BCUT2D eigenvalue weighted by Gasteiger charge is 2.19. The van der Waals surface area contributed by atoms with E-state index in [-0.39, 0.29) is 11.8 Å². The van der Waals surface area contributed by atoms with Crippen molar-refractivity contribution in [3.63, 3.8) is 0 Å². The van der Waals surface area contributed by atoms with Crippen molar-refractivity contribution >= 4 is 11.8 Å². The van der Waals surface area contributed by atoms with Gasteiger partial charge in [0, 0.05) is 45.7 Å². The lowest BCUT2D eigenvalue weighted by Crippen LogP contribution is -2.32. The molecule has 19 heavy (non-hydrogen) atoms. The molecule has 0 radical (unpaired) electrons. The third kappa shape index (κ3) is 4.82. The van der Waals surface area contributed by atoms with Crippen molar-refractivity contribution in [1.29, 1.82) is 0 Å². The van der Waals surface area contributed by atoms with Gasteiger partial charge in [-0.2, -0.15) is 0 Å². The van der Waals surface area contributed by atoms with E-state index in [0.29, 0.717) is 25.3 Å². The largest absolute Gasteiger partial charge is 0.381 e. The van der Waals surface area contributed by atoms with Crippen molar-refractivity contribution < 1.29 is 14.3 Å². The minimum Gasteiger partial charge on any atom is -0.381 e. The van der Waals surface area contributed by atoms with Gasteiger partial charge in [-0.05, 0) is 31.6 Å². The van der Waals surface area contributed by atoms with Crippen molar-refractivity contribution in [3.05, 3.63) is 0 Å². The van der Waals surface area contributed by atoms with E-state index in [1.165, 1.54) is 0 Å². The normalized spacial score (nSPS) is 20.8. The standard InChI is InChI=1S/C14H24N2O3/c17-13(11-12-4-9-19-10-5-12)15-6-2-8-16-7-1-3-14(16)18/h12H,1-11H2,(H,15,17). The van der Waals surface area contributed by atoms with Crippen LogP contribution in [0.15, 0.2) is 0 Å². The summed E-state index contributed by atoms with van der Waals surface area (Å²) in [6, 6.07) is 0. The van der Waals surface area contributed by atoms with Gasteiger partial charge in [0.15, 0.2) is 0 Å². The zero-order chi connectivity index (χ0) is 13.5. The van der Waals surface area contributed by atoms with Crippen LogP contribution in [0.5, 0.6) is 0 Å². The second kappa shape index (κ2) is 7.48. The molecule has 108 valence electrons. The van der Waals surface area contributed by atoms with E-state index in [9.17, 15) is 9.59 Å². The topological polar surface area (TPSA) is 58.6 Å². The lowest BCUT2D eigenvalue weighted by atomic mass is 9.96. The van der Waals surface area contributed by atoms with Crippen molar-refractivity contribution in [2.45, 2.75) is 38.5 Å². The van der Waals surface area contributed by atoms with Crippen molar-refractivity contribution in [2.24, 2.45) is 5.92 Å². The lowest BCUT2D eigenvalue weighted by molar-refractivity contribution is -0.127. The van der Waals surface area contributed by atoms with E-state index >= 15 is 0 Å². The molecule has 0 spiro atoms. The number of likely N-dealkylation sites (tertiary alicyclic amines) is 1. The molecule has 0 aromatic carbocycles. The summed E-state index contributed by atoms with van der Waals surface area (Å²) >= 11 is 0. The number of carbonyl (C=O) groups is 2. The number of ether oxygens (including phenoxy) is 1. The van der Waals surface area contributed by atoms with Crippen molar-refractivity contribution in [1.82, 2.24) is 10.2 Å². The van der Waals surface area contributed by atoms with Gasteiger partial charge in [0.1, 0.15) is 0 Å². The monoisotopic (exact) mass is 268 g/mol. The summed E-state index contributed by atoms with van der Waals surface area (Å²) in [7, 11) is 0. The first-order valence-electron chi connectivity index (χ1n) is 7.38. The number of nitrogens with zero attached hydrogens (tertiary/aromatic N) is 1.